The summed E-state index contributed by atoms with van der Waals surface area (Å²) in [5, 5.41) is 2.57. The number of hydrogen-bond donors (Lipinski definition) is 1. The molecule has 5 heteroatoms. The van der Waals surface area contributed by atoms with Crippen LogP contribution in [0.25, 0.3) is 0 Å². The number of benzene rings is 1. The summed E-state index contributed by atoms with van der Waals surface area (Å²) >= 11 is 0. The number of anilines is 1. The maximum atomic E-state index is 13.4. The minimum atomic E-state index is -0.567. The number of nitrogens with one attached hydrogen (secondary N) is 1. The number of rotatable bonds is 5. The van der Waals surface area contributed by atoms with E-state index in [9.17, 15) is 14.0 Å². The van der Waals surface area contributed by atoms with Gasteiger partial charge in [0.15, 0.2) is 5.78 Å². The summed E-state index contributed by atoms with van der Waals surface area (Å²) < 4.78 is 13.4. The molecule has 0 saturated heterocycles. The summed E-state index contributed by atoms with van der Waals surface area (Å²) in [4.78, 5) is 27.4. The molecule has 1 N–H and O–H groups in total. The van der Waals surface area contributed by atoms with E-state index in [0.29, 0.717) is 5.82 Å². The van der Waals surface area contributed by atoms with Crippen molar-refractivity contribution < 1.29 is 14.0 Å². The Balaban J connectivity index is 1.88. The molecule has 0 atom stereocenters. The number of Topliss-reactive ketones (excluding diaryl/α,β-unsaturated/α-hetero) is 1. The van der Waals surface area contributed by atoms with Crippen LogP contribution < -0.4 is 5.32 Å². The molecule has 0 spiro atoms. The van der Waals surface area contributed by atoms with Crippen molar-refractivity contribution in [3.05, 3.63) is 60.0 Å². The first-order chi connectivity index (χ1) is 9.66. The number of pyridine rings is 1. The predicted molar refractivity (Wildman–Crippen MR) is 72.8 cm³/mol. The molecular weight excluding hydrogens is 259 g/mol. The van der Waals surface area contributed by atoms with Gasteiger partial charge in [-0.05, 0) is 24.3 Å². The van der Waals surface area contributed by atoms with Gasteiger partial charge in [-0.15, -0.1) is 0 Å². The molecule has 0 radical (unpaired) electrons. The second-order valence-corrected chi connectivity index (χ2v) is 4.17. The van der Waals surface area contributed by atoms with E-state index in [1.165, 1.54) is 18.2 Å². The third-order valence-electron chi connectivity index (χ3n) is 2.69. The van der Waals surface area contributed by atoms with Crippen LogP contribution in [0.1, 0.15) is 23.2 Å². The summed E-state index contributed by atoms with van der Waals surface area (Å²) in [6.07, 6.45) is 1.50. The third-order valence-corrected chi connectivity index (χ3v) is 2.69. The number of amides is 1. The van der Waals surface area contributed by atoms with Gasteiger partial charge in [0.25, 0.3) is 0 Å². The van der Waals surface area contributed by atoms with E-state index in [2.05, 4.69) is 10.3 Å². The minimum Gasteiger partial charge on any atom is -0.311 e. The smallest absolute Gasteiger partial charge is 0.225 e. The van der Waals surface area contributed by atoms with Gasteiger partial charge in [-0.25, -0.2) is 9.37 Å². The van der Waals surface area contributed by atoms with Crippen LogP contribution in [0.15, 0.2) is 48.7 Å². The highest BCUT2D eigenvalue weighted by Crippen LogP contribution is 2.11. The number of hydrogen-bond acceptors (Lipinski definition) is 3. The lowest BCUT2D eigenvalue weighted by atomic mass is 10.1. The molecule has 0 saturated carbocycles. The zero-order chi connectivity index (χ0) is 14.4. The Morgan fingerprint density at radius 2 is 1.80 bits per heavy atom. The Labute approximate surface area is 115 Å². The lowest BCUT2D eigenvalue weighted by molar-refractivity contribution is -0.116. The Bertz CT molecular complexity index is 614. The van der Waals surface area contributed by atoms with E-state index in [4.69, 9.17) is 0 Å². The molecule has 0 aliphatic rings. The van der Waals surface area contributed by atoms with Gasteiger partial charge in [0.05, 0.1) is 5.56 Å². The van der Waals surface area contributed by atoms with Crippen LogP contribution in [0.4, 0.5) is 10.2 Å². The molecule has 2 rings (SSSR count). The number of ketones is 1. The van der Waals surface area contributed by atoms with Gasteiger partial charge in [0.2, 0.25) is 5.91 Å². The molecular formula is C15H13FN2O2. The van der Waals surface area contributed by atoms with E-state index in [0.717, 1.165) is 0 Å². The molecule has 0 fully saturated rings. The summed E-state index contributed by atoms with van der Waals surface area (Å²) in [5.41, 5.74) is 0.0122. The van der Waals surface area contributed by atoms with Gasteiger partial charge in [-0.2, -0.15) is 0 Å². The highest BCUT2D eigenvalue weighted by atomic mass is 19.1. The third kappa shape index (κ3) is 3.71. The summed E-state index contributed by atoms with van der Waals surface area (Å²) in [6.45, 7) is 0. The van der Waals surface area contributed by atoms with Crippen molar-refractivity contribution in [3.8, 4) is 0 Å². The highest BCUT2D eigenvalue weighted by Gasteiger charge is 2.13. The van der Waals surface area contributed by atoms with Crippen LogP contribution in [0.3, 0.4) is 0 Å². The summed E-state index contributed by atoms with van der Waals surface area (Å²) in [6, 6.07) is 10.9. The fraction of sp³-hybridized carbons (Fsp3) is 0.133. The molecule has 1 aromatic heterocycles. The van der Waals surface area contributed by atoms with Crippen molar-refractivity contribution in [1.29, 1.82) is 0 Å². The van der Waals surface area contributed by atoms with Crippen molar-refractivity contribution in [3.63, 3.8) is 0 Å². The van der Waals surface area contributed by atoms with Crippen molar-refractivity contribution in [2.24, 2.45) is 0 Å². The van der Waals surface area contributed by atoms with Gasteiger partial charge in [0, 0.05) is 19.0 Å². The van der Waals surface area contributed by atoms with E-state index < -0.39 is 5.82 Å². The Hall–Kier alpha value is -2.56. The van der Waals surface area contributed by atoms with Gasteiger partial charge in [0.1, 0.15) is 11.6 Å². The van der Waals surface area contributed by atoms with Crippen molar-refractivity contribution in [1.82, 2.24) is 4.98 Å². The normalized spacial score (nSPS) is 10.1. The van der Waals surface area contributed by atoms with Crippen LogP contribution in [0.5, 0.6) is 0 Å². The van der Waals surface area contributed by atoms with Gasteiger partial charge >= 0.3 is 0 Å². The fourth-order valence-electron chi connectivity index (χ4n) is 1.69. The van der Waals surface area contributed by atoms with Crippen LogP contribution in [-0.4, -0.2) is 16.7 Å². The number of carbonyl (C=O) groups is 2. The molecule has 1 aromatic carbocycles. The molecule has 20 heavy (non-hydrogen) atoms. The number of aromatic nitrogens is 1. The molecule has 1 amide bonds. The van der Waals surface area contributed by atoms with Gasteiger partial charge in [-0.1, -0.05) is 18.2 Å². The molecule has 1 heterocycles. The van der Waals surface area contributed by atoms with Gasteiger partial charge < -0.3 is 5.32 Å². The maximum Gasteiger partial charge on any atom is 0.225 e. The first-order valence-electron chi connectivity index (χ1n) is 6.15. The zero-order valence-corrected chi connectivity index (χ0v) is 10.7. The first-order valence-corrected chi connectivity index (χ1v) is 6.15. The number of halogens is 1. The van der Waals surface area contributed by atoms with E-state index >= 15 is 0 Å². The Morgan fingerprint density at radius 1 is 1.05 bits per heavy atom. The molecule has 0 aliphatic carbocycles. The molecule has 0 aliphatic heterocycles. The first kappa shape index (κ1) is 13.9. The summed E-state index contributed by atoms with van der Waals surface area (Å²) in [7, 11) is 0. The molecule has 2 aromatic rings. The average Bonchev–Trinajstić information content (AvgIpc) is 2.46. The SMILES string of the molecule is O=C(CCC(=O)c1ccccc1F)Nc1ccccn1. The second kappa shape index (κ2) is 6.56. The van der Waals surface area contributed by atoms with Crippen molar-refractivity contribution >= 4 is 17.5 Å². The second-order valence-electron chi connectivity index (χ2n) is 4.17. The van der Waals surface area contributed by atoms with E-state index in [1.54, 1.807) is 30.5 Å². The largest absolute Gasteiger partial charge is 0.311 e. The standard InChI is InChI=1S/C15H13FN2O2/c16-12-6-2-1-5-11(12)13(19)8-9-15(20)18-14-7-3-4-10-17-14/h1-7,10H,8-9H2,(H,17,18,20). The van der Waals surface area contributed by atoms with Crippen molar-refractivity contribution in [2.45, 2.75) is 12.8 Å². The minimum absolute atomic E-state index is 0.0102. The van der Waals surface area contributed by atoms with E-state index in [1.807, 2.05) is 0 Å². The molecule has 0 bridgehead atoms. The monoisotopic (exact) mass is 272 g/mol. The van der Waals surface area contributed by atoms with Crippen LogP contribution in [0.2, 0.25) is 0 Å². The summed E-state index contributed by atoms with van der Waals surface area (Å²) in [5.74, 6) is -0.855. The topological polar surface area (TPSA) is 59.1 Å². The van der Waals surface area contributed by atoms with Crippen molar-refractivity contribution in [2.75, 3.05) is 5.32 Å². The average molecular weight is 272 g/mol. The lowest BCUT2D eigenvalue weighted by Crippen LogP contribution is -2.14. The van der Waals surface area contributed by atoms with Crippen LogP contribution >= 0.6 is 0 Å². The van der Waals surface area contributed by atoms with E-state index in [-0.39, 0.29) is 30.1 Å². The number of nitrogens with zero attached hydrogens (tertiary/aromatic N) is 1. The molecule has 0 unspecified atom stereocenters. The zero-order valence-electron chi connectivity index (χ0n) is 10.7. The lowest BCUT2D eigenvalue weighted by Gasteiger charge is -2.04. The van der Waals surface area contributed by atoms with Gasteiger partial charge in [-0.3, -0.25) is 9.59 Å². The molecule has 4 nitrogen and oxygen atoms in total. The quantitative estimate of drug-likeness (QED) is 0.851. The highest BCUT2D eigenvalue weighted by molar-refractivity contribution is 5.99. The maximum absolute atomic E-state index is 13.4. The predicted octanol–water partition coefficient (Wildman–Crippen LogP) is 2.82. The Kier molecular flexibility index (Phi) is 4.55. The molecule has 102 valence electrons. The Morgan fingerprint density at radius 3 is 2.50 bits per heavy atom. The number of carbonyl (C=O) groups excluding carboxylic acids is 2. The van der Waals surface area contributed by atoms with Crippen LogP contribution in [-0.2, 0) is 4.79 Å². The van der Waals surface area contributed by atoms with Crippen LogP contribution in [0, 0.1) is 5.82 Å². The fourth-order valence-corrected chi connectivity index (χ4v) is 1.69.